The molecule has 3 aromatic rings. The molecule has 0 heteroatoms. The summed E-state index contributed by atoms with van der Waals surface area (Å²) < 4.78 is 0. The van der Waals surface area contributed by atoms with Crippen LogP contribution in [0.15, 0.2) is 91.0 Å². The third-order valence-corrected chi connectivity index (χ3v) is 4.40. The van der Waals surface area contributed by atoms with Crippen LogP contribution in [0.3, 0.4) is 0 Å². The van der Waals surface area contributed by atoms with Gasteiger partial charge in [0.2, 0.25) is 0 Å². The Morgan fingerprint density at radius 2 is 0.556 bits per heavy atom. The van der Waals surface area contributed by atoms with Crippen molar-refractivity contribution in [2.45, 2.75) is 59.3 Å². The summed E-state index contributed by atoms with van der Waals surface area (Å²) in [6, 6.07) is 31.5. The van der Waals surface area contributed by atoms with Crippen molar-refractivity contribution in [3.05, 3.63) is 108 Å². The van der Waals surface area contributed by atoms with Gasteiger partial charge in [-0.15, -0.1) is 0 Å². The number of benzene rings is 3. The van der Waals surface area contributed by atoms with Crippen LogP contribution in [0.5, 0.6) is 0 Å². The van der Waals surface area contributed by atoms with Crippen LogP contribution in [0, 0.1) is 0 Å². The molecule has 0 unspecified atom stereocenters. The number of hydrogen-bond acceptors (Lipinski definition) is 0. The minimum Gasteiger partial charge on any atom is -0.0623 e. The van der Waals surface area contributed by atoms with Gasteiger partial charge in [0.1, 0.15) is 0 Å². The van der Waals surface area contributed by atoms with Gasteiger partial charge in [0.05, 0.1) is 0 Å². The minimum absolute atomic E-state index is 0.645. The maximum absolute atomic E-state index is 2.24. The maximum Gasteiger partial charge on any atom is -0.0219 e. The molecule has 144 valence electrons. The largest absolute Gasteiger partial charge is 0.0623 e. The molecule has 0 aliphatic carbocycles. The fourth-order valence-electron chi connectivity index (χ4n) is 2.49. The van der Waals surface area contributed by atoms with Gasteiger partial charge in [-0.05, 0) is 34.4 Å². The summed E-state index contributed by atoms with van der Waals surface area (Å²) in [4.78, 5) is 0. The van der Waals surface area contributed by atoms with Crippen LogP contribution in [0.2, 0.25) is 0 Å². The molecule has 0 nitrogen and oxygen atoms in total. The van der Waals surface area contributed by atoms with Crippen molar-refractivity contribution in [3.63, 3.8) is 0 Å². The van der Waals surface area contributed by atoms with Gasteiger partial charge >= 0.3 is 0 Å². The summed E-state index contributed by atoms with van der Waals surface area (Å²) in [7, 11) is 0. The van der Waals surface area contributed by atoms with E-state index in [2.05, 4.69) is 90.1 Å². The maximum atomic E-state index is 2.24. The highest BCUT2D eigenvalue weighted by Crippen LogP contribution is 2.19. The van der Waals surface area contributed by atoms with E-state index >= 15 is 0 Å². The third-order valence-electron chi connectivity index (χ3n) is 4.40. The summed E-state index contributed by atoms with van der Waals surface area (Å²) in [6.07, 6.45) is 0. The van der Waals surface area contributed by atoms with E-state index in [0.717, 1.165) is 0 Å². The normalized spacial score (nSPS) is 10.1. The topological polar surface area (TPSA) is 0 Å². The molecule has 0 saturated heterocycles. The highest BCUT2D eigenvalue weighted by molar-refractivity contribution is 5.26. The molecule has 0 bridgehead atoms. The first-order valence-corrected chi connectivity index (χ1v) is 10.1. The van der Waals surface area contributed by atoms with Crippen LogP contribution in [0.25, 0.3) is 0 Å². The van der Waals surface area contributed by atoms with Crippen molar-refractivity contribution in [2.75, 3.05) is 0 Å². The lowest BCUT2D eigenvalue weighted by atomic mass is 9.97. The Hall–Kier alpha value is -2.34. The van der Waals surface area contributed by atoms with Gasteiger partial charge in [0.15, 0.2) is 0 Å². The summed E-state index contributed by atoms with van der Waals surface area (Å²) in [5.41, 5.74) is 4.27. The lowest BCUT2D eigenvalue weighted by Crippen LogP contribution is -1.90. The second kappa shape index (κ2) is 12.9. The summed E-state index contributed by atoms with van der Waals surface area (Å²) in [5, 5.41) is 0. The zero-order chi connectivity index (χ0) is 20.1. The van der Waals surface area contributed by atoms with E-state index in [-0.39, 0.29) is 0 Å². The highest BCUT2D eigenvalue weighted by atomic mass is 14.1. The lowest BCUT2D eigenvalue weighted by Gasteiger charge is -2.08. The first-order valence-electron chi connectivity index (χ1n) is 10.1. The smallest absolute Gasteiger partial charge is 0.0219 e. The second-order valence-electron chi connectivity index (χ2n) is 7.70. The standard InChI is InChI=1S/C12H18.C9H12.C6H6/c1-9(2)11-5-7-12(8-6-11)10(3)4;1-8(2)9-6-4-3-5-7-9;1-2-4-6-5-3-1/h5-10H,1-4H3;3-8H,1-2H3;1-6H. The molecule has 0 aromatic heterocycles. The van der Waals surface area contributed by atoms with Gasteiger partial charge in [-0.3, -0.25) is 0 Å². The zero-order valence-electron chi connectivity index (χ0n) is 17.9. The van der Waals surface area contributed by atoms with E-state index < -0.39 is 0 Å². The van der Waals surface area contributed by atoms with E-state index in [0.29, 0.717) is 17.8 Å². The quantitative estimate of drug-likeness (QED) is 0.439. The minimum atomic E-state index is 0.645. The van der Waals surface area contributed by atoms with Gasteiger partial charge in [0, 0.05) is 0 Å². The predicted octanol–water partition coefficient (Wildman–Crippen LogP) is 8.43. The van der Waals surface area contributed by atoms with Gasteiger partial charge in [-0.2, -0.15) is 0 Å². The molecule has 0 amide bonds. The van der Waals surface area contributed by atoms with Crippen LogP contribution in [0.1, 0.15) is 76.0 Å². The van der Waals surface area contributed by atoms with Crippen LogP contribution in [-0.2, 0) is 0 Å². The Kier molecular flexibility index (Phi) is 10.9. The van der Waals surface area contributed by atoms with E-state index in [4.69, 9.17) is 0 Å². The average molecular weight is 361 g/mol. The van der Waals surface area contributed by atoms with Crippen LogP contribution >= 0.6 is 0 Å². The van der Waals surface area contributed by atoms with Crippen molar-refractivity contribution in [2.24, 2.45) is 0 Å². The second-order valence-corrected chi connectivity index (χ2v) is 7.70. The van der Waals surface area contributed by atoms with Crippen LogP contribution in [-0.4, -0.2) is 0 Å². The Labute approximate surface area is 167 Å². The Morgan fingerprint density at radius 3 is 0.778 bits per heavy atom. The summed E-state index contributed by atoms with van der Waals surface area (Å²) >= 11 is 0. The van der Waals surface area contributed by atoms with Crippen molar-refractivity contribution in [1.82, 2.24) is 0 Å². The molecule has 0 fully saturated rings. The van der Waals surface area contributed by atoms with E-state index in [1.165, 1.54) is 16.7 Å². The molecule has 0 radical (unpaired) electrons. The zero-order valence-corrected chi connectivity index (χ0v) is 17.9. The third kappa shape index (κ3) is 9.80. The molecule has 0 spiro atoms. The first-order chi connectivity index (χ1) is 12.9. The van der Waals surface area contributed by atoms with E-state index in [1.807, 2.05) is 42.5 Å². The molecule has 0 heterocycles. The fraction of sp³-hybridized carbons (Fsp3) is 0.333. The monoisotopic (exact) mass is 360 g/mol. The highest BCUT2D eigenvalue weighted by Gasteiger charge is 2.00. The predicted molar refractivity (Wildman–Crippen MR) is 122 cm³/mol. The molecular weight excluding hydrogens is 324 g/mol. The Morgan fingerprint density at radius 1 is 0.333 bits per heavy atom. The van der Waals surface area contributed by atoms with E-state index in [9.17, 15) is 0 Å². The fourth-order valence-corrected chi connectivity index (χ4v) is 2.49. The lowest BCUT2D eigenvalue weighted by molar-refractivity contribution is 0.845. The van der Waals surface area contributed by atoms with Gasteiger partial charge < -0.3 is 0 Å². The first kappa shape index (κ1) is 22.7. The van der Waals surface area contributed by atoms with E-state index in [1.54, 1.807) is 0 Å². The molecule has 0 N–H and O–H groups in total. The Bertz CT molecular complexity index is 638. The van der Waals surface area contributed by atoms with Crippen molar-refractivity contribution in [1.29, 1.82) is 0 Å². The Balaban J connectivity index is 0.000000214. The van der Waals surface area contributed by atoms with Crippen LogP contribution < -0.4 is 0 Å². The number of rotatable bonds is 3. The molecule has 0 saturated carbocycles. The SMILES string of the molecule is CC(C)c1ccc(C(C)C)cc1.CC(C)c1ccccc1.c1ccccc1. The molecule has 3 aromatic carbocycles. The summed E-state index contributed by atoms with van der Waals surface area (Å²) in [6.45, 7) is 13.3. The molecule has 0 aliphatic heterocycles. The van der Waals surface area contributed by atoms with Crippen molar-refractivity contribution < 1.29 is 0 Å². The van der Waals surface area contributed by atoms with Crippen molar-refractivity contribution >= 4 is 0 Å². The molecular formula is C27H36. The summed E-state index contributed by atoms with van der Waals surface area (Å²) in [5.74, 6) is 1.95. The number of hydrogen-bond donors (Lipinski definition) is 0. The van der Waals surface area contributed by atoms with Gasteiger partial charge in [0.25, 0.3) is 0 Å². The molecule has 27 heavy (non-hydrogen) atoms. The molecule has 0 atom stereocenters. The molecule has 0 aliphatic rings. The van der Waals surface area contributed by atoms with Crippen molar-refractivity contribution in [3.8, 4) is 0 Å². The van der Waals surface area contributed by atoms with Gasteiger partial charge in [-0.1, -0.05) is 133 Å². The van der Waals surface area contributed by atoms with Gasteiger partial charge in [-0.25, -0.2) is 0 Å². The molecule has 3 rings (SSSR count). The van der Waals surface area contributed by atoms with Crippen LogP contribution in [0.4, 0.5) is 0 Å². The average Bonchev–Trinajstić information content (AvgIpc) is 2.71.